The number of ketones is 1. The van der Waals surface area contributed by atoms with Gasteiger partial charge in [0, 0.05) is 16.2 Å². The zero-order valence-electron chi connectivity index (χ0n) is 10.4. The van der Waals surface area contributed by atoms with E-state index in [1.54, 1.807) is 12.1 Å². The summed E-state index contributed by atoms with van der Waals surface area (Å²) in [4.78, 5) is 29.3. The van der Waals surface area contributed by atoms with Gasteiger partial charge in [0.15, 0.2) is 0 Å². The van der Waals surface area contributed by atoms with Crippen molar-refractivity contribution in [2.45, 2.75) is 6.54 Å². The number of pyridine rings is 1. The van der Waals surface area contributed by atoms with Crippen molar-refractivity contribution >= 4 is 44.9 Å². The molecule has 106 valence electrons. The van der Waals surface area contributed by atoms with Crippen LogP contribution in [0.1, 0.15) is 15.9 Å². The molecule has 0 unspecified atom stereocenters. The molecule has 1 amide bonds. The molecule has 2 aromatic rings. The molecule has 0 N–H and O–H groups in total. The van der Waals surface area contributed by atoms with Crippen LogP contribution in [0.3, 0.4) is 0 Å². The summed E-state index contributed by atoms with van der Waals surface area (Å²) in [7, 11) is 0. The molecule has 0 bridgehead atoms. The number of hydrogen-bond donors (Lipinski definition) is 0. The van der Waals surface area contributed by atoms with Gasteiger partial charge in [0.1, 0.15) is 11.0 Å². The first kappa shape index (κ1) is 14.2. The number of amides is 1. The van der Waals surface area contributed by atoms with E-state index in [1.165, 1.54) is 17.2 Å². The molecule has 7 heteroatoms. The van der Waals surface area contributed by atoms with Crippen LogP contribution in [0.25, 0.3) is 0 Å². The smallest absolute Gasteiger partial charge is 0.299 e. The largest absolute Gasteiger partial charge is 0.299 e. The Hall–Kier alpha value is -1.79. The van der Waals surface area contributed by atoms with Crippen molar-refractivity contribution < 1.29 is 14.0 Å². The minimum atomic E-state index is -0.731. The molecule has 0 saturated heterocycles. The van der Waals surface area contributed by atoms with E-state index in [0.29, 0.717) is 15.7 Å². The normalized spacial score (nSPS) is 13.8. The van der Waals surface area contributed by atoms with Gasteiger partial charge in [0.05, 0.1) is 17.8 Å². The van der Waals surface area contributed by atoms with Crippen LogP contribution in [0, 0.1) is 5.82 Å². The highest BCUT2D eigenvalue weighted by Crippen LogP contribution is 2.38. The third kappa shape index (κ3) is 2.34. The summed E-state index contributed by atoms with van der Waals surface area (Å²) in [6, 6.07) is 5.67. The summed E-state index contributed by atoms with van der Waals surface area (Å²) in [5.41, 5.74) is 1.00. The lowest BCUT2D eigenvalue weighted by molar-refractivity contribution is -0.114. The van der Waals surface area contributed by atoms with Gasteiger partial charge in [0.25, 0.3) is 11.7 Å². The number of rotatable bonds is 2. The molecule has 21 heavy (non-hydrogen) atoms. The number of aromatic nitrogens is 1. The zero-order chi connectivity index (χ0) is 15.1. The SMILES string of the molecule is O=C1C(=O)N(Cc2cccnc2Cl)c2c(Br)cc(F)cc21. The van der Waals surface area contributed by atoms with Gasteiger partial charge in [-0.2, -0.15) is 0 Å². The maximum absolute atomic E-state index is 13.4. The van der Waals surface area contributed by atoms with Crippen LogP contribution < -0.4 is 4.90 Å². The third-order valence-electron chi connectivity index (χ3n) is 3.15. The number of nitrogens with zero attached hydrogens (tertiary/aromatic N) is 2. The number of Topliss-reactive ketones (excluding diaryl/α,β-unsaturated/α-hetero) is 1. The molecule has 3 rings (SSSR count). The fourth-order valence-electron chi connectivity index (χ4n) is 2.21. The first-order valence-electron chi connectivity index (χ1n) is 5.93. The first-order valence-corrected chi connectivity index (χ1v) is 7.11. The Balaban J connectivity index is 2.08. The zero-order valence-corrected chi connectivity index (χ0v) is 12.8. The van der Waals surface area contributed by atoms with E-state index in [-0.39, 0.29) is 17.3 Å². The lowest BCUT2D eigenvalue weighted by atomic mass is 10.1. The average molecular weight is 370 g/mol. The summed E-state index contributed by atoms with van der Waals surface area (Å²) in [6.45, 7) is 0.0917. The average Bonchev–Trinajstić information content (AvgIpc) is 2.67. The highest BCUT2D eigenvalue weighted by atomic mass is 79.9. The van der Waals surface area contributed by atoms with Crippen molar-refractivity contribution in [1.29, 1.82) is 0 Å². The van der Waals surface area contributed by atoms with E-state index in [0.717, 1.165) is 6.07 Å². The van der Waals surface area contributed by atoms with Crippen molar-refractivity contribution in [3.63, 3.8) is 0 Å². The second-order valence-corrected chi connectivity index (χ2v) is 5.67. The molecule has 1 aliphatic rings. The van der Waals surface area contributed by atoms with E-state index < -0.39 is 17.5 Å². The van der Waals surface area contributed by atoms with E-state index >= 15 is 0 Å². The fourth-order valence-corrected chi connectivity index (χ4v) is 3.04. The molecular weight excluding hydrogens is 363 g/mol. The molecule has 0 atom stereocenters. The van der Waals surface area contributed by atoms with Gasteiger partial charge >= 0.3 is 0 Å². The number of carbonyl (C=O) groups is 2. The molecular formula is C14H7BrClFN2O2. The van der Waals surface area contributed by atoms with Gasteiger partial charge in [-0.25, -0.2) is 9.37 Å². The highest BCUT2D eigenvalue weighted by Gasteiger charge is 2.38. The van der Waals surface area contributed by atoms with Gasteiger partial charge in [-0.1, -0.05) is 17.7 Å². The van der Waals surface area contributed by atoms with Crippen LogP contribution in [0.4, 0.5) is 10.1 Å². The van der Waals surface area contributed by atoms with Crippen molar-refractivity contribution in [2.24, 2.45) is 0 Å². The lowest BCUT2D eigenvalue weighted by Crippen LogP contribution is -2.29. The number of hydrogen-bond acceptors (Lipinski definition) is 3. The topological polar surface area (TPSA) is 50.3 Å². The van der Waals surface area contributed by atoms with E-state index in [4.69, 9.17) is 11.6 Å². The Kier molecular flexibility index (Phi) is 3.51. The Labute approximate surface area is 132 Å². The molecule has 1 aromatic carbocycles. The van der Waals surface area contributed by atoms with Crippen LogP contribution in [0.15, 0.2) is 34.9 Å². The van der Waals surface area contributed by atoms with Gasteiger partial charge in [-0.05, 0) is 34.1 Å². The van der Waals surface area contributed by atoms with Crippen LogP contribution in [0.5, 0.6) is 0 Å². The van der Waals surface area contributed by atoms with Gasteiger partial charge in [-0.15, -0.1) is 0 Å². The maximum Gasteiger partial charge on any atom is 0.299 e. The van der Waals surface area contributed by atoms with Gasteiger partial charge < -0.3 is 0 Å². The monoisotopic (exact) mass is 368 g/mol. The number of halogens is 3. The number of anilines is 1. The van der Waals surface area contributed by atoms with E-state index in [9.17, 15) is 14.0 Å². The molecule has 0 spiro atoms. The quantitative estimate of drug-likeness (QED) is 0.602. The molecule has 0 fully saturated rings. The molecule has 0 radical (unpaired) electrons. The van der Waals surface area contributed by atoms with Crippen molar-refractivity contribution in [3.05, 3.63) is 57.0 Å². The van der Waals surface area contributed by atoms with E-state index in [2.05, 4.69) is 20.9 Å². The molecule has 1 aromatic heterocycles. The Morgan fingerprint density at radius 3 is 2.81 bits per heavy atom. The predicted octanol–water partition coefficient (Wildman–Crippen LogP) is 3.37. The summed E-state index contributed by atoms with van der Waals surface area (Å²) in [5.74, 6) is -2.02. The maximum atomic E-state index is 13.4. The molecule has 1 aliphatic heterocycles. The fraction of sp³-hybridized carbons (Fsp3) is 0.0714. The van der Waals surface area contributed by atoms with Crippen LogP contribution >= 0.6 is 27.5 Å². The molecule has 0 aliphatic carbocycles. The second kappa shape index (κ2) is 5.20. The van der Waals surface area contributed by atoms with Gasteiger partial charge in [0.2, 0.25) is 0 Å². The highest BCUT2D eigenvalue weighted by molar-refractivity contribution is 9.10. The third-order valence-corrected chi connectivity index (χ3v) is 4.09. The lowest BCUT2D eigenvalue weighted by Gasteiger charge is -2.18. The number of fused-ring (bicyclic) bond motifs is 1. The minimum Gasteiger partial charge on any atom is -0.299 e. The Morgan fingerprint density at radius 1 is 1.33 bits per heavy atom. The molecule has 4 nitrogen and oxygen atoms in total. The standard InChI is InChI=1S/C14H7BrClFN2O2/c15-10-5-8(17)4-9-11(10)19(14(21)12(9)20)6-7-2-1-3-18-13(7)16/h1-5H,6H2. The summed E-state index contributed by atoms with van der Waals surface area (Å²) < 4.78 is 13.7. The van der Waals surface area contributed by atoms with Crippen LogP contribution in [0.2, 0.25) is 5.15 Å². The van der Waals surface area contributed by atoms with Crippen molar-refractivity contribution in [2.75, 3.05) is 4.90 Å². The predicted molar refractivity (Wildman–Crippen MR) is 78.9 cm³/mol. The molecule has 2 heterocycles. The summed E-state index contributed by atoms with van der Waals surface area (Å²) >= 11 is 9.16. The Morgan fingerprint density at radius 2 is 2.10 bits per heavy atom. The van der Waals surface area contributed by atoms with E-state index in [1.807, 2.05) is 0 Å². The van der Waals surface area contributed by atoms with Crippen molar-refractivity contribution in [1.82, 2.24) is 4.98 Å². The number of carbonyl (C=O) groups excluding carboxylic acids is 2. The van der Waals surface area contributed by atoms with Gasteiger partial charge in [-0.3, -0.25) is 14.5 Å². The minimum absolute atomic E-state index is 0.0480. The van der Waals surface area contributed by atoms with Crippen LogP contribution in [-0.4, -0.2) is 16.7 Å². The molecule has 0 saturated carbocycles. The van der Waals surface area contributed by atoms with Crippen LogP contribution in [-0.2, 0) is 11.3 Å². The van der Waals surface area contributed by atoms with Crippen molar-refractivity contribution in [3.8, 4) is 0 Å². The summed E-state index contributed by atoms with van der Waals surface area (Å²) in [6.07, 6.45) is 1.53. The Bertz CT molecular complexity index is 782. The summed E-state index contributed by atoms with van der Waals surface area (Å²) in [5, 5.41) is 0.254. The number of benzene rings is 1. The second-order valence-electron chi connectivity index (χ2n) is 4.46. The first-order chi connectivity index (χ1) is 9.99.